The first-order valence-electron chi connectivity index (χ1n) is 5.33. The summed E-state index contributed by atoms with van der Waals surface area (Å²) in [5.41, 5.74) is 0. The molecule has 4 heteroatoms. The van der Waals surface area contributed by atoms with Crippen molar-refractivity contribution in [3.63, 3.8) is 0 Å². The van der Waals surface area contributed by atoms with Gasteiger partial charge in [-0.1, -0.05) is 6.42 Å². The third kappa shape index (κ3) is 2.00. The summed E-state index contributed by atoms with van der Waals surface area (Å²) in [6.45, 7) is 0. The van der Waals surface area contributed by atoms with Crippen LogP contribution in [-0.2, 0) is 14.6 Å². The Balaban J connectivity index is 1.91. The summed E-state index contributed by atoms with van der Waals surface area (Å²) in [6, 6.07) is 0. The highest BCUT2D eigenvalue weighted by molar-refractivity contribution is 7.91. The van der Waals surface area contributed by atoms with E-state index in [0.29, 0.717) is 18.6 Å². The lowest BCUT2D eigenvalue weighted by Gasteiger charge is -2.30. The van der Waals surface area contributed by atoms with E-state index in [1.807, 2.05) is 0 Å². The van der Waals surface area contributed by atoms with Gasteiger partial charge in [-0.2, -0.15) is 0 Å². The van der Waals surface area contributed by atoms with Gasteiger partial charge in [-0.05, 0) is 25.7 Å². The van der Waals surface area contributed by atoms with E-state index in [-0.39, 0.29) is 23.3 Å². The number of ketones is 1. The number of rotatable bonds is 2. The molecule has 1 saturated heterocycles. The van der Waals surface area contributed by atoms with Gasteiger partial charge in [0.25, 0.3) is 0 Å². The number of sulfone groups is 1. The molecular weight excluding hydrogens is 200 g/mol. The normalized spacial score (nSPS) is 28.3. The van der Waals surface area contributed by atoms with Gasteiger partial charge < -0.3 is 0 Å². The van der Waals surface area contributed by atoms with Crippen LogP contribution in [-0.4, -0.2) is 25.7 Å². The molecule has 1 aliphatic carbocycles. The van der Waals surface area contributed by atoms with Gasteiger partial charge in [-0.25, -0.2) is 8.42 Å². The van der Waals surface area contributed by atoms with E-state index >= 15 is 0 Å². The van der Waals surface area contributed by atoms with Crippen LogP contribution in [0.25, 0.3) is 0 Å². The van der Waals surface area contributed by atoms with Gasteiger partial charge in [0, 0.05) is 11.8 Å². The maximum atomic E-state index is 11.8. The molecule has 0 spiro atoms. The van der Waals surface area contributed by atoms with Crippen molar-refractivity contribution >= 4 is 15.6 Å². The van der Waals surface area contributed by atoms with Crippen LogP contribution >= 0.6 is 0 Å². The highest BCUT2D eigenvalue weighted by Crippen LogP contribution is 2.33. The Morgan fingerprint density at radius 2 is 1.43 bits per heavy atom. The van der Waals surface area contributed by atoms with E-state index in [4.69, 9.17) is 0 Å². The summed E-state index contributed by atoms with van der Waals surface area (Å²) < 4.78 is 22.3. The van der Waals surface area contributed by atoms with Crippen molar-refractivity contribution in [2.24, 2.45) is 11.8 Å². The van der Waals surface area contributed by atoms with E-state index < -0.39 is 9.84 Å². The summed E-state index contributed by atoms with van der Waals surface area (Å²) in [5, 5.41) is 0. The topological polar surface area (TPSA) is 51.2 Å². The predicted octanol–water partition coefficient (Wildman–Crippen LogP) is 1.18. The van der Waals surface area contributed by atoms with Gasteiger partial charge in [-0.15, -0.1) is 0 Å². The molecule has 0 aromatic carbocycles. The van der Waals surface area contributed by atoms with E-state index in [2.05, 4.69) is 0 Å². The fraction of sp³-hybridized carbons (Fsp3) is 0.900. The molecule has 1 heterocycles. The quantitative estimate of drug-likeness (QED) is 0.696. The van der Waals surface area contributed by atoms with Crippen molar-refractivity contribution in [3.8, 4) is 0 Å². The molecule has 0 bridgehead atoms. The molecular formula is C10H16O3S. The van der Waals surface area contributed by atoms with E-state index in [0.717, 1.165) is 12.8 Å². The second-order valence-electron chi connectivity index (χ2n) is 4.46. The Bertz CT molecular complexity index is 313. The van der Waals surface area contributed by atoms with Crippen molar-refractivity contribution in [1.29, 1.82) is 0 Å². The molecule has 0 amide bonds. The Morgan fingerprint density at radius 1 is 0.929 bits per heavy atom. The first-order valence-corrected chi connectivity index (χ1v) is 7.15. The summed E-state index contributed by atoms with van der Waals surface area (Å²) in [4.78, 5) is 11.8. The molecule has 0 aromatic rings. The van der Waals surface area contributed by atoms with Crippen LogP contribution in [0.1, 0.15) is 32.1 Å². The average molecular weight is 216 g/mol. The van der Waals surface area contributed by atoms with Gasteiger partial charge in [0.2, 0.25) is 0 Å². The predicted molar refractivity (Wildman–Crippen MR) is 53.7 cm³/mol. The number of carbonyl (C=O) groups is 1. The summed E-state index contributed by atoms with van der Waals surface area (Å²) in [5.74, 6) is 1.09. The molecule has 1 saturated carbocycles. The van der Waals surface area contributed by atoms with Crippen LogP contribution in [0.2, 0.25) is 0 Å². The molecule has 0 unspecified atom stereocenters. The van der Waals surface area contributed by atoms with Crippen molar-refractivity contribution in [3.05, 3.63) is 0 Å². The molecule has 0 N–H and O–H groups in total. The van der Waals surface area contributed by atoms with Gasteiger partial charge in [0.15, 0.2) is 0 Å². The van der Waals surface area contributed by atoms with E-state index in [9.17, 15) is 13.2 Å². The van der Waals surface area contributed by atoms with Gasteiger partial charge >= 0.3 is 0 Å². The fourth-order valence-electron chi connectivity index (χ4n) is 2.20. The Morgan fingerprint density at radius 3 is 1.86 bits per heavy atom. The van der Waals surface area contributed by atoms with Gasteiger partial charge in [0.05, 0.1) is 11.5 Å². The first kappa shape index (κ1) is 10.1. The monoisotopic (exact) mass is 216 g/mol. The Labute approximate surface area is 84.8 Å². The lowest BCUT2D eigenvalue weighted by Crippen LogP contribution is -2.34. The molecule has 0 radical (unpaired) electrons. The van der Waals surface area contributed by atoms with Crippen molar-refractivity contribution < 1.29 is 13.2 Å². The summed E-state index contributed by atoms with van der Waals surface area (Å²) >= 11 is 0. The average Bonchev–Trinajstić information content (AvgIpc) is 2.00. The number of carbonyl (C=O) groups excluding carboxylic acids is 1. The highest BCUT2D eigenvalue weighted by Gasteiger charge is 2.34. The van der Waals surface area contributed by atoms with E-state index in [1.165, 1.54) is 6.42 Å². The summed E-state index contributed by atoms with van der Waals surface area (Å²) in [6.07, 6.45) is 4.36. The third-order valence-electron chi connectivity index (χ3n) is 3.46. The smallest absolute Gasteiger partial charge is 0.150 e. The Hall–Kier alpha value is -0.380. The lowest BCUT2D eigenvalue weighted by atomic mass is 9.76. The minimum Gasteiger partial charge on any atom is -0.299 e. The molecule has 1 aliphatic heterocycles. The van der Waals surface area contributed by atoms with Crippen LogP contribution in [0, 0.1) is 11.8 Å². The van der Waals surface area contributed by atoms with Crippen molar-refractivity contribution in [1.82, 2.24) is 0 Å². The molecule has 14 heavy (non-hydrogen) atoms. The minimum atomic E-state index is -2.82. The number of Topliss-reactive ketones (excluding diaryl/α,β-unsaturated/α-hetero) is 1. The van der Waals surface area contributed by atoms with Crippen LogP contribution in [0.3, 0.4) is 0 Å². The maximum absolute atomic E-state index is 11.8. The van der Waals surface area contributed by atoms with Gasteiger partial charge in [-0.3, -0.25) is 4.79 Å². The number of hydrogen-bond donors (Lipinski definition) is 0. The Kier molecular flexibility index (Phi) is 2.64. The van der Waals surface area contributed by atoms with Crippen LogP contribution < -0.4 is 0 Å². The first-order chi connectivity index (χ1) is 6.58. The van der Waals surface area contributed by atoms with Crippen molar-refractivity contribution in [2.45, 2.75) is 32.1 Å². The van der Waals surface area contributed by atoms with Crippen molar-refractivity contribution in [2.75, 3.05) is 11.5 Å². The molecule has 2 fully saturated rings. The second kappa shape index (κ2) is 3.65. The zero-order valence-electron chi connectivity index (χ0n) is 8.24. The van der Waals surface area contributed by atoms with Gasteiger partial charge in [0.1, 0.15) is 15.6 Å². The zero-order chi connectivity index (χ0) is 10.2. The molecule has 3 nitrogen and oxygen atoms in total. The molecule has 0 aromatic heterocycles. The molecule has 0 atom stereocenters. The molecule has 2 aliphatic rings. The fourth-order valence-corrected chi connectivity index (χ4v) is 3.69. The largest absolute Gasteiger partial charge is 0.299 e. The number of hydrogen-bond acceptors (Lipinski definition) is 3. The maximum Gasteiger partial charge on any atom is 0.150 e. The third-order valence-corrected chi connectivity index (χ3v) is 5.18. The van der Waals surface area contributed by atoms with Crippen LogP contribution in [0.5, 0.6) is 0 Å². The molecule has 2 rings (SSSR count). The second-order valence-corrected chi connectivity index (χ2v) is 6.76. The van der Waals surface area contributed by atoms with E-state index in [1.54, 1.807) is 0 Å². The highest BCUT2D eigenvalue weighted by atomic mass is 32.2. The molecule has 80 valence electrons. The standard InChI is InChI=1S/C10H16O3S/c11-10(8-2-1-3-8)9-4-6-14(12,13)7-5-9/h8-9H,1-7H2. The van der Waals surface area contributed by atoms with Crippen LogP contribution in [0.4, 0.5) is 0 Å². The zero-order valence-corrected chi connectivity index (χ0v) is 9.05. The SMILES string of the molecule is O=C(C1CCC1)C1CCS(=O)(=O)CC1. The minimum absolute atomic E-state index is 0.0452. The lowest BCUT2D eigenvalue weighted by molar-refractivity contribution is -0.129. The summed E-state index contributed by atoms with van der Waals surface area (Å²) in [7, 11) is -2.82. The van der Waals surface area contributed by atoms with Crippen LogP contribution in [0.15, 0.2) is 0 Å².